The van der Waals surface area contributed by atoms with Gasteiger partial charge in [-0.25, -0.2) is 4.68 Å². The molecule has 0 bridgehead atoms. The summed E-state index contributed by atoms with van der Waals surface area (Å²) in [6.45, 7) is 3.81. The Hall–Kier alpha value is -1.56. The van der Waals surface area contributed by atoms with Crippen LogP contribution in [0.15, 0.2) is 30.6 Å². The maximum Gasteiger partial charge on any atom is 0.257 e. The highest BCUT2D eigenvalue weighted by Gasteiger charge is 2.38. The van der Waals surface area contributed by atoms with Gasteiger partial charge in [-0.2, -0.15) is 5.10 Å². The second-order valence-corrected chi connectivity index (χ2v) is 7.83. The second kappa shape index (κ2) is 6.63. The van der Waals surface area contributed by atoms with Gasteiger partial charge in [0.2, 0.25) is 0 Å². The average Bonchev–Trinajstić information content (AvgIpc) is 3.25. The van der Waals surface area contributed by atoms with E-state index in [4.69, 9.17) is 23.2 Å². The monoisotopic (exact) mass is 378 g/mol. The molecule has 4 rings (SSSR count). The minimum atomic E-state index is 0.0390. The third kappa shape index (κ3) is 3.28. The molecule has 0 atom stereocenters. The van der Waals surface area contributed by atoms with E-state index in [0.717, 1.165) is 39.0 Å². The summed E-state index contributed by atoms with van der Waals surface area (Å²) >= 11 is 12.2. The minimum absolute atomic E-state index is 0.0390. The van der Waals surface area contributed by atoms with E-state index in [-0.39, 0.29) is 5.91 Å². The van der Waals surface area contributed by atoms with Gasteiger partial charge in [0, 0.05) is 30.9 Å². The molecule has 1 N–H and O–H groups in total. The Morgan fingerprint density at radius 3 is 2.68 bits per heavy atom. The summed E-state index contributed by atoms with van der Waals surface area (Å²) in [5, 5.41) is 8.82. The summed E-state index contributed by atoms with van der Waals surface area (Å²) in [6.07, 6.45) is 6.71. The zero-order chi connectivity index (χ0) is 17.4. The summed E-state index contributed by atoms with van der Waals surface area (Å²) in [5.74, 6) is 0.0390. The Labute approximate surface area is 156 Å². The van der Waals surface area contributed by atoms with Crippen molar-refractivity contribution in [2.24, 2.45) is 5.41 Å². The largest absolute Gasteiger partial charge is 0.339 e. The lowest BCUT2D eigenvalue weighted by Crippen LogP contribution is -2.43. The van der Waals surface area contributed by atoms with Crippen molar-refractivity contribution in [2.75, 3.05) is 26.2 Å². The zero-order valence-electron chi connectivity index (χ0n) is 13.8. The standard InChI is InChI=1S/C18H20Cl2N4O/c19-14-1-2-16(15(20)9-14)24-11-13(10-22-24)17(25)23-7-4-18(5-8-23)3-6-21-12-18/h1-2,9-11,21H,3-8,12H2. The molecule has 1 spiro atoms. The van der Waals surface area contributed by atoms with Crippen LogP contribution in [0.4, 0.5) is 0 Å². The molecule has 1 amide bonds. The van der Waals surface area contributed by atoms with Crippen LogP contribution >= 0.6 is 23.2 Å². The minimum Gasteiger partial charge on any atom is -0.339 e. The van der Waals surface area contributed by atoms with Crippen molar-refractivity contribution in [3.8, 4) is 5.69 Å². The Balaban J connectivity index is 1.47. The number of halogens is 2. The summed E-state index contributed by atoms with van der Waals surface area (Å²) in [4.78, 5) is 14.7. The molecule has 7 heteroatoms. The lowest BCUT2D eigenvalue weighted by molar-refractivity contribution is 0.0607. The lowest BCUT2D eigenvalue weighted by atomic mass is 9.78. The third-order valence-electron chi connectivity index (χ3n) is 5.43. The number of hydrogen-bond acceptors (Lipinski definition) is 3. The smallest absolute Gasteiger partial charge is 0.257 e. The fraction of sp³-hybridized carbons (Fsp3) is 0.444. The summed E-state index contributed by atoms with van der Waals surface area (Å²) in [5.41, 5.74) is 1.70. The van der Waals surface area contributed by atoms with Crippen LogP contribution in [0.25, 0.3) is 5.69 Å². The molecule has 0 saturated carbocycles. The number of nitrogens with one attached hydrogen (secondary N) is 1. The van der Waals surface area contributed by atoms with Crippen molar-refractivity contribution >= 4 is 29.1 Å². The van der Waals surface area contributed by atoms with Crippen LogP contribution in [0.5, 0.6) is 0 Å². The number of amides is 1. The number of hydrogen-bond donors (Lipinski definition) is 1. The molecular formula is C18H20Cl2N4O. The van der Waals surface area contributed by atoms with Crippen molar-refractivity contribution in [3.63, 3.8) is 0 Å². The van der Waals surface area contributed by atoms with Crippen molar-refractivity contribution < 1.29 is 4.79 Å². The van der Waals surface area contributed by atoms with Crippen molar-refractivity contribution in [3.05, 3.63) is 46.2 Å². The van der Waals surface area contributed by atoms with E-state index in [1.54, 1.807) is 35.3 Å². The Morgan fingerprint density at radius 1 is 1.20 bits per heavy atom. The van der Waals surface area contributed by atoms with Gasteiger partial charge in [0.15, 0.2) is 0 Å². The Morgan fingerprint density at radius 2 is 2.00 bits per heavy atom. The van der Waals surface area contributed by atoms with E-state index in [1.165, 1.54) is 6.42 Å². The molecule has 2 aliphatic rings. The molecule has 132 valence electrons. The average molecular weight is 379 g/mol. The molecule has 25 heavy (non-hydrogen) atoms. The van der Waals surface area contributed by atoms with Gasteiger partial charge in [0.1, 0.15) is 0 Å². The van der Waals surface area contributed by atoms with Gasteiger partial charge in [-0.1, -0.05) is 23.2 Å². The van der Waals surface area contributed by atoms with E-state index in [2.05, 4.69) is 10.4 Å². The first-order chi connectivity index (χ1) is 12.1. The van der Waals surface area contributed by atoms with Gasteiger partial charge in [-0.3, -0.25) is 4.79 Å². The first-order valence-electron chi connectivity index (χ1n) is 8.56. The van der Waals surface area contributed by atoms with Crippen LogP contribution in [0.3, 0.4) is 0 Å². The highest BCUT2D eigenvalue weighted by atomic mass is 35.5. The Bertz CT molecular complexity index is 788. The van der Waals surface area contributed by atoms with Crippen LogP contribution in [0.2, 0.25) is 10.0 Å². The quantitative estimate of drug-likeness (QED) is 0.870. The highest BCUT2D eigenvalue weighted by Crippen LogP contribution is 2.37. The molecule has 0 radical (unpaired) electrons. The van der Waals surface area contributed by atoms with Gasteiger partial charge in [-0.15, -0.1) is 0 Å². The topological polar surface area (TPSA) is 50.2 Å². The highest BCUT2D eigenvalue weighted by molar-refractivity contribution is 6.35. The predicted molar refractivity (Wildman–Crippen MR) is 98.6 cm³/mol. The number of piperidine rings is 1. The molecule has 3 heterocycles. The van der Waals surface area contributed by atoms with E-state index < -0.39 is 0 Å². The van der Waals surface area contributed by atoms with Crippen LogP contribution in [-0.4, -0.2) is 46.8 Å². The zero-order valence-corrected chi connectivity index (χ0v) is 15.4. The summed E-state index contributed by atoms with van der Waals surface area (Å²) < 4.78 is 1.62. The molecule has 2 fully saturated rings. The lowest BCUT2D eigenvalue weighted by Gasteiger charge is -2.38. The second-order valence-electron chi connectivity index (χ2n) is 6.99. The Kier molecular flexibility index (Phi) is 4.48. The molecule has 2 aliphatic heterocycles. The predicted octanol–water partition coefficient (Wildman–Crippen LogP) is 3.39. The molecule has 0 unspecified atom stereocenters. The van der Waals surface area contributed by atoms with Gasteiger partial charge < -0.3 is 10.2 Å². The molecular weight excluding hydrogens is 359 g/mol. The van der Waals surface area contributed by atoms with E-state index in [0.29, 0.717) is 26.7 Å². The molecule has 1 aromatic heterocycles. The van der Waals surface area contributed by atoms with E-state index in [9.17, 15) is 4.79 Å². The number of benzene rings is 1. The molecule has 2 aromatic rings. The number of nitrogens with zero attached hydrogens (tertiary/aromatic N) is 3. The number of carbonyl (C=O) groups is 1. The maximum absolute atomic E-state index is 12.8. The normalized spacial score (nSPS) is 19.5. The van der Waals surface area contributed by atoms with E-state index in [1.807, 2.05) is 4.90 Å². The van der Waals surface area contributed by atoms with Crippen molar-refractivity contribution in [1.82, 2.24) is 20.0 Å². The molecule has 5 nitrogen and oxygen atoms in total. The van der Waals surface area contributed by atoms with Gasteiger partial charge in [-0.05, 0) is 49.4 Å². The fourth-order valence-corrected chi connectivity index (χ4v) is 4.32. The summed E-state index contributed by atoms with van der Waals surface area (Å²) in [7, 11) is 0. The van der Waals surface area contributed by atoms with Crippen molar-refractivity contribution in [2.45, 2.75) is 19.3 Å². The van der Waals surface area contributed by atoms with E-state index >= 15 is 0 Å². The SMILES string of the molecule is O=C(c1cnn(-c2ccc(Cl)cc2Cl)c1)N1CCC2(CCNC2)CC1. The number of aromatic nitrogens is 2. The van der Waals surface area contributed by atoms with Gasteiger partial charge in [0.25, 0.3) is 5.91 Å². The van der Waals surface area contributed by atoms with Crippen LogP contribution in [0.1, 0.15) is 29.6 Å². The van der Waals surface area contributed by atoms with Gasteiger partial charge >= 0.3 is 0 Å². The maximum atomic E-state index is 12.8. The summed E-state index contributed by atoms with van der Waals surface area (Å²) in [6, 6.07) is 5.22. The van der Waals surface area contributed by atoms with Crippen molar-refractivity contribution in [1.29, 1.82) is 0 Å². The van der Waals surface area contributed by atoms with Crippen LogP contribution in [-0.2, 0) is 0 Å². The molecule has 2 saturated heterocycles. The molecule has 0 aliphatic carbocycles. The number of rotatable bonds is 2. The van der Waals surface area contributed by atoms with Crippen LogP contribution < -0.4 is 5.32 Å². The van der Waals surface area contributed by atoms with Crippen LogP contribution in [0, 0.1) is 5.41 Å². The fourth-order valence-electron chi connectivity index (χ4n) is 3.82. The molecule has 1 aromatic carbocycles. The third-order valence-corrected chi connectivity index (χ3v) is 5.97. The first-order valence-corrected chi connectivity index (χ1v) is 9.32. The first kappa shape index (κ1) is 16.9. The number of carbonyl (C=O) groups excluding carboxylic acids is 1. The van der Waals surface area contributed by atoms with Gasteiger partial charge in [0.05, 0.1) is 22.5 Å². The number of likely N-dealkylation sites (tertiary alicyclic amines) is 1.